The molecule has 0 atom stereocenters. The van der Waals surface area contributed by atoms with Gasteiger partial charge in [-0.2, -0.15) is 25.3 Å². The summed E-state index contributed by atoms with van der Waals surface area (Å²) in [6.45, 7) is 1.72. The number of nitrogens with two attached hydrogens (primary N) is 2. The van der Waals surface area contributed by atoms with Crippen LogP contribution in [0.1, 0.15) is 5.56 Å². The van der Waals surface area contributed by atoms with Gasteiger partial charge < -0.3 is 11.5 Å². The summed E-state index contributed by atoms with van der Waals surface area (Å²) in [6, 6.07) is 6.77. The quantitative estimate of drug-likeness (QED) is 0.328. The minimum Gasteiger partial charge on any atom is -0.398 e. The third-order valence-electron chi connectivity index (χ3n) is 3.00. The normalized spacial score (nSPS) is 12.1. The van der Waals surface area contributed by atoms with E-state index in [0.717, 1.165) is 23.8 Å². The van der Waals surface area contributed by atoms with Gasteiger partial charge in [-0.25, -0.2) is 0 Å². The number of hydrogen-bond acceptors (Lipinski definition) is 8. The van der Waals surface area contributed by atoms with Crippen LogP contribution in [-0.2, 0) is 30.4 Å². The lowest BCUT2D eigenvalue weighted by Crippen LogP contribution is -2.05. The van der Waals surface area contributed by atoms with Gasteiger partial charge in [0.25, 0.3) is 30.4 Å². The van der Waals surface area contributed by atoms with Gasteiger partial charge in [-0.05, 0) is 42.8 Å². The highest BCUT2D eigenvalue weighted by Crippen LogP contribution is 2.21. The third kappa shape index (κ3) is 6.46. The highest BCUT2D eigenvalue weighted by atomic mass is 32.2. The van der Waals surface area contributed by atoms with Gasteiger partial charge in [-0.15, -0.1) is 0 Å². The highest BCUT2D eigenvalue weighted by Gasteiger charge is 2.17. The van der Waals surface area contributed by atoms with Crippen molar-refractivity contribution in [1.29, 1.82) is 0 Å². The molecule has 2 aromatic carbocycles. The summed E-state index contributed by atoms with van der Waals surface area (Å²) in [6.07, 6.45) is 0. The van der Waals surface area contributed by atoms with Crippen LogP contribution in [0.5, 0.6) is 0 Å². The smallest absolute Gasteiger partial charge is 0.296 e. The fourth-order valence-electron chi connectivity index (χ4n) is 1.79. The fourth-order valence-corrected chi connectivity index (χ4v) is 3.60. The summed E-state index contributed by atoms with van der Waals surface area (Å²) in [4.78, 5) is -1.40. The van der Waals surface area contributed by atoms with E-state index in [2.05, 4.69) is 0 Å². The first-order valence-corrected chi connectivity index (χ1v) is 11.0. The van der Waals surface area contributed by atoms with Gasteiger partial charge >= 0.3 is 0 Å². The molecule has 0 spiro atoms. The molecule has 0 radical (unpaired) electrons. The summed E-state index contributed by atoms with van der Waals surface area (Å²) in [7, 11) is -13.1. The molecular weight excluding hydrogens is 424 g/mol. The Hall–Kier alpha value is -2.23. The van der Waals surface area contributed by atoms with Gasteiger partial charge in [0.2, 0.25) is 0 Å². The monoisotopic (exact) mass is 440 g/mol. The Morgan fingerprint density at radius 2 is 1.19 bits per heavy atom. The third-order valence-corrected chi connectivity index (χ3v) is 5.69. The number of benzene rings is 2. The molecule has 0 bridgehead atoms. The summed E-state index contributed by atoms with van der Waals surface area (Å²) in [5.74, 6) is 0. The number of aryl methyl sites for hydroxylation is 1. The van der Waals surface area contributed by atoms with Crippen molar-refractivity contribution in [3.63, 3.8) is 0 Å². The van der Waals surface area contributed by atoms with Crippen molar-refractivity contribution >= 4 is 41.7 Å². The number of nitrogen functional groups attached to an aromatic ring is 2. The Balaban J connectivity index is 0.000000277. The minimum atomic E-state index is -4.50. The topological polar surface area (TPSA) is 215 Å². The van der Waals surface area contributed by atoms with E-state index in [4.69, 9.17) is 25.1 Å². The van der Waals surface area contributed by atoms with Gasteiger partial charge in [-0.1, -0.05) is 6.07 Å². The zero-order valence-corrected chi connectivity index (χ0v) is 16.1. The van der Waals surface area contributed by atoms with E-state index >= 15 is 0 Å². The molecule has 0 amide bonds. The van der Waals surface area contributed by atoms with Crippen molar-refractivity contribution in [2.75, 3.05) is 11.5 Å². The van der Waals surface area contributed by atoms with Gasteiger partial charge in [-0.3, -0.25) is 13.7 Å². The average molecular weight is 440 g/mol. The second kappa shape index (κ2) is 7.79. The van der Waals surface area contributed by atoms with E-state index in [-0.39, 0.29) is 10.6 Å². The van der Waals surface area contributed by atoms with E-state index in [0.29, 0.717) is 0 Å². The number of anilines is 2. The molecule has 0 saturated carbocycles. The van der Waals surface area contributed by atoms with Crippen LogP contribution >= 0.6 is 0 Å². The molecule has 0 aliphatic rings. The maximum absolute atomic E-state index is 10.7. The number of hydrogen-bond donors (Lipinski definition) is 5. The maximum Gasteiger partial charge on any atom is 0.296 e. The fraction of sp³-hybridized carbons (Fsp3) is 0.0769. The maximum atomic E-state index is 10.7. The van der Waals surface area contributed by atoms with Crippen LogP contribution in [0.15, 0.2) is 51.1 Å². The number of rotatable bonds is 3. The largest absolute Gasteiger partial charge is 0.398 e. The zero-order chi connectivity index (χ0) is 21.2. The molecule has 11 nitrogen and oxygen atoms in total. The van der Waals surface area contributed by atoms with Crippen LogP contribution in [0.25, 0.3) is 0 Å². The zero-order valence-electron chi connectivity index (χ0n) is 13.6. The van der Waals surface area contributed by atoms with Crippen molar-refractivity contribution in [3.05, 3.63) is 42.0 Å². The first-order chi connectivity index (χ1) is 12.0. The molecule has 0 fully saturated rings. The van der Waals surface area contributed by atoms with Crippen LogP contribution in [0.2, 0.25) is 0 Å². The van der Waals surface area contributed by atoms with Crippen molar-refractivity contribution in [2.45, 2.75) is 21.6 Å². The Kier molecular flexibility index (Phi) is 6.58. The molecule has 150 valence electrons. The van der Waals surface area contributed by atoms with Crippen LogP contribution in [0.4, 0.5) is 11.4 Å². The minimum absolute atomic E-state index is 0.0584. The van der Waals surface area contributed by atoms with E-state index in [1.807, 2.05) is 0 Å². The lowest BCUT2D eigenvalue weighted by molar-refractivity contribution is 0.479. The van der Waals surface area contributed by atoms with Gasteiger partial charge in [0.05, 0.1) is 16.3 Å². The second-order valence-corrected chi connectivity index (χ2v) is 9.37. The summed E-state index contributed by atoms with van der Waals surface area (Å²) >= 11 is 0. The van der Waals surface area contributed by atoms with E-state index < -0.39 is 45.8 Å². The lowest BCUT2D eigenvalue weighted by Gasteiger charge is -2.03. The molecule has 14 heteroatoms. The Morgan fingerprint density at radius 3 is 1.56 bits per heavy atom. The summed E-state index contributed by atoms with van der Waals surface area (Å²) in [5.41, 5.74) is 10.9. The lowest BCUT2D eigenvalue weighted by atomic mass is 10.2. The molecule has 0 aliphatic carbocycles. The van der Waals surface area contributed by atoms with Gasteiger partial charge in [0.1, 0.15) is 9.79 Å². The SMILES string of the molecule is Cc1ccc(N)c(S(=O)(=O)O)c1.Nc1cc(S(=O)(=O)O)ccc1S(=O)(=O)O. The Morgan fingerprint density at radius 1 is 0.667 bits per heavy atom. The first kappa shape index (κ1) is 22.8. The molecule has 2 aromatic rings. The van der Waals surface area contributed by atoms with Crippen LogP contribution < -0.4 is 11.5 Å². The van der Waals surface area contributed by atoms with E-state index in [1.165, 1.54) is 12.1 Å². The van der Waals surface area contributed by atoms with Gasteiger partial charge in [0, 0.05) is 0 Å². The van der Waals surface area contributed by atoms with Gasteiger partial charge in [0.15, 0.2) is 0 Å². The van der Waals surface area contributed by atoms with Crippen LogP contribution in [-0.4, -0.2) is 38.9 Å². The summed E-state index contributed by atoms with van der Waals surface area (Å²) < 4.78 is 89.9. The molecule has 0 aliphatic heterocycles. The highest BCUT2D eigenvalue weighted by molar-refractivity contribution is 7.86. The molecule has 2 rings (SSSR count). The van der Waals surface area contributed by atoms with Crippen molar-refractivity contribution < 1.29 is 38.9 Å². The standard InChI is InChI=1S/C7H9NO3S.C6H7NO6S2/c1-5-2-3-6(8)7(4-5)12(9,10)11;7-5-3-4(14(8,9)10)1-2-6(5)15(11,12)13/h2-4H,8H2,1H3,(H,9,10,11);1-3H,7H2,(H,8,9,10)(H,11,12,13). The van der Waals surface area contributed by atoms with Crippen LogP contribution in [0, 0.1) is 6.92 Å². The van der Waals surface area contributed by atoms with E-state index in [1.54, 1.807) is 13.0 Å². The summed E-state index contributed by atoms with van der Waals surface area (Å²) in [5, 5.41) is 0. The molecule has 0 aromatic heterocycles. The average Bonchev–Trinajstić information content (AvgIpc) is 2.47. The van der Waals surface area contributed by atoms with E-state index in [9.17, 15) is 25.3 Å². The second-order valence-electron chi connectivity index (χ2n) is 5.17. The van der Waals surface area contributed by atoms with Crippen molar-refractivity contribution in [1.82, 2.24) is 0 Å². The molecule has 27 heavy (non-hydrogen) atoms. The molecule has 0 saturated heterocycles. The van der Waals surface area contributed by atoms with Crippen molar-refractivity contribution in [3.8, 4) is 0 Å². The predicted octanol–water partition coefficient (Wildman–Crippen LogP) is 0.586. The first-order valence-electron chi connectivity index (χ1n) is 6.71. The molecule has 0 heterocycles. The van der Waals surface area contributed by atoms with Crippen LogP contribution in [0.3, 0.4) is 0 Å². The predicted molar refractivity (Wildman–Crippen MR) is 95.9 cm³/mol. The Bertz CT molecular complexity index is 1170. The molecular formula is C13H16N2O9S3. The van der Waals surface area contributed by atoms with Crippen molar-refractivity contribution in [2.24, 2.45) is 0 Å². The Labute approximate surface area is 155 Å². The molecule has 7 N–H and O–H groups in total. The molecule has 0 unspecified atom stereocenters.